The first-order valence-corrected chi connectivity index (χ1v) is 5.96. The smallest absolute Gasteiger partial charge is 0.153 e. The van der Waals surface area contributed by atoms with Crippen LogP contribution in [0.2, 0.25) is 5.02 Å². The molecule has 0 saturated heterocycles. The average molecular weight is 240 g/mol. The molecule has 1 aromatic carbocycles. The maximum absolute atomic E-state index is 11.0. The molecule has 0 fully saturated rings. The monoisotopic (exact) mass is 239 g/mol. The summed E-state index contributed by atoms with van der Waals surface area (Å²) in [5.41, 5.74) is 1.48. The Hall–Kier alpha value is -1.02. The summed E-state index contributed by atoms with van der Waals surface area (Å²) in [5.74, 6) is 0. The lowest BCUT2D eigenvalue weighted by Gasteiger charge is -2.28. The summed E-state index contributed by atoms with van der Waals surface area (Å²) in [5, 5.41) is 0.517. The van der Waals surface area contributed by atoms with E-state index in [1.165, 1.54) is 0 Å². The molecule has 0 N–H and O–H groups in total. The second-order valence-corrected chi connectivity index (χ2v) is 4.45. The highest BCUT2D eigenvalue weighted by Gasteiger charge is 2.14. The largest absolute Gasteiger partial charge is 0.371 e. The van der Waals surface area contributed by atoms with E-state index in [4.69, 9.17) is 11.6 Å². The van der Waals surface area contributed by atoms with Crippen LogP contribution in [0.5, 0.6) is 0 Å². The van der Waals surface area contributed by atoms with Crippen molar-refractivity contribution in [2.45, 2.75) is 32.7 Å². The number of hydrogen-bond donors (Lipinski definition) is 0. The summed E-state index contributed by atoms with van der Waals surface area (Å²) in [6.07, 6.45) is 3.05. The van der Waals surface area contributed by atoms with E-state index in [9.17, 15) is 4.79 Å². The molecule has 0 saturated carbocycles. The van der Waals surface area contributed by atoms with Gasteiger partial charge in [-0.2, -0.15) is 0 Å². The van der Waals surface area contributed by atoms with Crippen LogP contribution in [0.1, 0.15) is 37.0 Å². The number of anilines is 1. The molecule has 0 aromatic heterocycles. The van der Waals surface area contributed by atoms with Crippen molar-refractivity contribution in [2.24, 2.45) is 0 Å². The molecule has 1 rings (SSSR count). The van der Waals surface area contributed by atoms with Gasteiger partial charge in [0, 0.05) is 18.8 Å². The SMILES string of the molecule is CCCC(C)N(C)c1cccc(Cl)c1C=O. The quantitative estimate of drug-likeness (QED) is 0.729. The van der Waals surface area contributed by atoms with Crippen molar-refractivity contribution in [1.29, 1.82) is 0 Å². The molecule has 0 aliphatic heterocycles. The number of benzene rings is 1. The van der Waals surface area contributed by atoms with Crippen LogP contribution in [0.4, 0.5) is 5.69 Å². The standard InChI is InChI=1S/C13H18ClNO/c1-4-6-10(2)15(3)13-8-5-7-12(14)11(13)9-16/h5,7-10H,4,6H2,1-3H3. The van der Waals surface area contributed by atoms with E-state index >= 15 is 0 Å². The highest BCUT2D eigenvalue weighted by atomic mass is 35.5. The minimum absolute atomic E-state index is 0.405. The lowest BCUT2D eigenvalue weighted by molar-refractivity contribution is 0.112. The molecule has 0 amide bonds. The molecule has 88 valence electrons. The minimum Gasteiger partial charge on any atom is -0.371 e. The van der Waals surface area contributed by atoms with Crippen LogP contribution in [0, 0.1) is 0 Å². The second kappa shape index (κ2) is 5.90. The zero-order valence-corrected chi connectivity index (χ0v) is 10.8. The third kappa shape index (κ3) is 2.76. The molecule has 16 heavy (non-hydrogen) atoms. The van der Waals surface area contributed by atoms with Gasteiger partial charge in [0.05, 0.1) is 10.6 Å². The Morgan fingerprint density at radius 2 is 2.19 bits per heavy atom. The molecule has 1 atom stereocenters. The fourth-order valence-corrected chi connectivity index (χ4v) is 2.01. The van der Waals surface area contributed by atoms with Gasteiger partial charge in [-0.05, 0) is 25.5 Å². The zero-order valence-electron chi connectivity index (χ0n) is 10.0. The molecule has 1 aromatic rings. The molecule has 0 aliphatic carbocycles. The van der Waals surface area contributed by atoms with Crippen molar-refractivity contribution < 1.29 is 4.79 Å². The Morgan fingerprint density at radius 3 is 2.75 bits per heavy atom. The molecule has 0 bridgehead atoms. The Morgan fingerprint density at radius 1 is 1.50 bits per heavy atom. The van der Waals surface area contributed by atoms with Crippen molar-refractivity contribution in [3.63, 3.8) is 0 Å². The van der Waals surface area contributed by atoms with E-state index in [2.05, 4.69) is 18.7 Å². The van der Waals surface area contributed by atoms with E-state index in [0.29, 0.717) is 16.6 Å². The zero-order chi connectivity index (χ0) is 12.1. The average Bonchev–Trinajstić information content (AvgIpc) is 2.28. The molecule has 3 heteroatoms. The van der Waals surface area contributed by atoms with Crippen LogP contribution in [-0.4, -0.2) is 19.4 Å². The van der Waals surface area contributed by atoms with E-state index in [0.717, 1.165) is 24.8 Å². The van der Waals surface area contributed by atoms with Crippen LogP contribution in [0.15, 0.2) is 18.2 Å². The highest BCUT2D eigenvalue weighted by molar-refractivity contribution is 6.33. The van der Waals surface area contributed by atoms with Crippen molar-refractivity contribution in [1.82, 2.24) is 0 Å². The van der Waals surface area contributed by atoms with Gasteiger partial charge >= 0.3 is 0 Å². The van der Waals surface area contributed by atoms with E-state index in [-0.39, 0.29) is 0 Å². The van der Waals surface area contributed by atoms with Gasteiger partial charge in [0.15, 0.2) is 6.29 Å². The third-order valence-corrected chi connectivity index (χ3v) is 3.22. The molecule has 2 nitrogen and oxygen atoms in total. The number of halogens is 1. The van der Waals surface area contributed by atoms with Gasteiger partial charge in [-0.15, -0.1) is 0 Å². The predicted octanol–water partition coefficient (Wildman–Crippen LogP) is 3.78. The van der Waals surface area contributed by atoms with Crippen LogP contribution in [-0.2, 0) is 0 Å². The first-order valence-electron chi connectivity index (χ1n) is 5.58. The minimum atomic E-state index is 0.405. The normalized spacial score (nSPS) is 12.2. The van der Waals surface area contributed by atoms with Crippen LogP contribution in [0.3, 0.4) is 0 Å². The number of nitrogens with zero attached hydrogens (tertiary/aromatic N) is 1. The van der Waals surface area contributed by atoms with E-state index < -0.39 is 0 Å². The van der Waals surface area contributed by atoms with E-state index in [1.807, 2.05) is 19.2 Å². The second-order valence-electron chi connectivity index (χ2n) is 4.04. The van der Waals surface area contributed by atoms with Gasteiger partial charge in [-0.3, -0.25) is 4.79 Å². The number of carbonyl (C=O) groups excluding carboxylic acids is 1. The van der Waals surface area contributed by atoms with Gasteiger partial charge in [-0.25, -0.2) is 0 Å². The number of carbonyl (C=O) groups is 1. The summed E-state index contributed by atoms with van der Waals surface area (Å²) in [7, 11) is 2.00. The molecular formula is C13H18ClNO. The summed E-state index contributed by atoms with van der Waals surface area (Å²) in [6.45, 7) is 4.31. The molecule has 0 heterocycles. The maximum atomic E-state index is 11.0. The lowest BCUT2D eigenvalue weighted by Crippen LogP contribution is -2.29. The summed E-state index contributed by atoms with van der Waals surface area (Å²) in [4.78, 5) is 13.1. The van der Waals surface area contributed by atoms with Gasteiger partial charge < -0.3 is 4.90 Å². The fraction of sp³-hybridized carbons (Fsp3) is 0.462. The van der Waals surface area contributed by atoms with Crippen LogP contribution >= 0.6 is 11.6 Å². The Kier molecular flexibility index (Phi) is 4.81. The Labute approximate surface area is 102 Å². The van der Waals surface area contributed by atoms with Crippen molar-refractivity contribution in [3.05, 3.63) is 28.8 Å². The fourth-order valence-electron chi connectivity index (χ4n) is 1.80. The Balaban J connectivity index is 3.03. The van der Waals surface area contributed by atoms with Gasteiger partial charge in [-0.1, -0.05) is 31.0 Å². The highest BCUT2D eigenvalue weighted by Crippen LogP contribution is 2.27. The summed E-state index contributed by atoms with van der Waals surface area (Å²) >= 11 is 6.00. The molecule has 0 radical (unpaired) electrons. The number of hydrogen-bond acceptors (Lipinski definition) is 2. The van der Waals surface area contributed by atoms with Crippen molar-refractivity contribution >= 4 is 23.6 Å². The Bertz CT molecular complexity index is 365. The maximum Gasteiger partial charge on any atom is 0.153 e. The predicted molar refractivity (Wildman–Crippen MR) is 69.6 cm³/mol. The topological polar surface area (TPSA) is 20.3 Å². The van der Waals surface area contributed by atoms with Gasteiger partial charge in [0.2, 0.25) is 0 Å². The van der Waals surface area contributed by atoms with Crippen molar-refractivity contribution in [2.75, 3.05) is 11.9 Å². The molecular weight excluding hydrogens is 222 g/mol. The summed E-state index contributed by atoms with van der Waals surface area (Å²) < 4.78 is 0. The van der Waals surface area contributed by atoms with E-state index in [1.54, 1.807) is 6.07 Å². The molecule has 0 spiro atoms. The first-order chi connectivity index (χ1) is 7.61. The van der Waals surface area contributed by atoms with Crippen LogP contribution < -0.4 is 4.90 Å². The lowest BCUT2D eigenvalue weighted by atomic mass is 10.1. The first kappa shape index (κ1) is 13.0. The summed E-state index contributed by atoms with van der Waals surface area (Å²) in [6, 6.07) is 5.96. The van der Waals surface area contributed by atoms with Crippen LogP contribution in [0.25, 0.3) is 0 Å². The van der Waals surface area contributed by atoms with Gasteiger partial charge in [0.25, 0.3) is 0 Å². The van der Waals surface area contributed by atoms with Gasteiger partial charge in [0.1, 0.15) is 0 Å². The number of aldehydes is 1. The third-order valence-electron chi connectivity index (χ3n) is 2.90. The molecule has 1 unspecified atom stereocenters. The molecule has 0 aliphatic rings. The van der Waals surface area contributed by atoms with Crippen molar-refractivity contribution in [3.8, 4) is 0 Å². The number of rotatable bonds is 5.